The summed E-state index contributed by atoms with van der Waals surface area (Å²) >= 11 is 0. The van der Waals surface area contributed by atoms with Crippen LogP contribution in [0.15, 0.2) is 18.2 Å². The molecule has 1 atom stereocenters. The van der Waals surface area contributed by atoms with Crippen LogP contribution in [0.2, 0.25) is 0 Å². The van der Waals surface area contributed by atoms with Crippen LogP contribution >= 0.6 is 0 Å². The molecule has 0 unspecified atom stereocenters. The fourth-order valence-electron chi connectivity index (χ4n) is 3.24. The normalized spacial score (nSPS) is 17.3. The quantitative estimate of drug-likeness (QED) is 0.692. The zero-order chi connectivity index (χ0) is 19.0. The van der Waals surface area contributed by atoms with E-state index in [2.05, 4.69) is 25.3 Å². The minimum Gasteiger partial charge on any atom is -0.471 e. The van der Waals surface area contributed by atoms with Gasteiger partial charge in [0.2, 0.25) is 11.7 Å². The molecular weight excluding hydrogens is 346 g/mol. The summed E-state index contributed by atoms with van der Waals surface area (Å²) in [4.78, 5) is 23.3. The van der Waals surface area contributed by atoms with Crippen LogP contribution in [-0.2, 0) is 0 Å². The van der Waals surface area contributed by atoms with Crippen molar-refractivity contribution >= 4 is 11.7 Å². The second-order valence-electron chi connectivity index (χ2n) is 6.83. The highest BCUT2D eigenvalue weighted by molar-refractivity contribution is 5.91. The maximum Gasteiger partial charge on any atom is 0.293 e. The molecule has 140 valence electrons. The van der Waals surface area contributed by atoms with Crippen molar-refractivity contribution in [2.45, 2.75) is 39.7 Å². The van der Waals surface area contributed by atoms with Gasteiger partial charge in [-0.15, -0.1) is 10.2 Å². The number of hydrogen-bond donors (Lipinski definition) is 0. The Morgan fingerprint density at radius 3 is 2.78 bits per heavy atom. The number of fused-ring (bicyclic) bond motifs is 1. The van der Waals surface area contributed by atoms with Gasteiger partial charge in [-0.1, -0.05) is 0 Å². The summed E-state index contributed by atoms with van der Waals surface area (Å²) in [5.41, 5.74) is 2.57. The first kappa shape index (κ1) is 17.3. The van der Waals surface area contributed by atoms with E-state index in [0.29, 0.717) is 24.7 Å². The number of aromatic nitrogens is 6. The maximum atomic E-state index is 12.9. The third-order valence-electron chi connectivity index (χ3n) is 4.54. The lowest BCUT2D eigenvalue weighted by Gasteiger charge is -2.31. The SMILES string of the molecule is Cc1ccc(O[C@@H]2CCCN(C(=O)c3nc4nc(C)cc(C)n4n3)C2)nn1. The van der Waals surface area contributed by atoms with Crippen molar-refractivity contribution in [3.05, 3.63) is 41.1 Å². The first-order valence-corrected chi connectivity index (χ1v) is 8.97. The molecule has 27 heavy (non-hydrogen) atoms. The van der Waals surface area contributed by atoms with Crippen molar-refractivity contribution in [2.24, 2.45) is 0 Å². The number of hydrogen-bond acceptors (Lipinski definition) is 7. The van der Waals surface area contributed by atoms with Gasteiger partial charge in [-0.2, -0.15) is 10.1 Å². The molecule has 0 bridgehead atoms. The van der Waals surface area contributed by atoms with Crippen molar-refractivity contribution in [3.8, 4) is 5.88 Å². The standard InChI is InChI=1S/C18H21N7O2/c1-11-6-7-15(22-21-11)27-14-5-4-8-24(10-14)17(26)16-20-18-19-12(2)9-13(3)25(18)23-16/h6-7,9,14H,4-5,8,10H2,1-3H3/t14-/m1/s1. The van der Waals surface area contributed by atoms with Gasteiger partial charge < -0.3 is 9.64 Å². The second kappa shape index (κ2) is 6.90. The topological polar surface area (TPSA) is 98.4 Å². The summed E-state index contributed by atoms with van der Waals surface area (Å²) in [7, 11) is 0. The number of ether oxygens (including phenoxy) is 1. The summed E-state index contributed by atoms with van der Waals surface area (Å²) in [5, 5.41) is 12.4. The van der Waals surface area contributed by atoms with Gasteiger partial charge in [-0.25, -0.2) is 9.50 Å². The third-order valence-corrected chi connectivity index (χ3v) is 4.54. The zero-order valence-corrected chi connectivity index (χ0v) is 15.6. The van der Waals surface area contributed by atoms with Crippen LogP contribution < -0.4 is 4.74 Å². The van der Waals surface area contributed by atoms with E-state index in [4.69, 9.17) is 4.74 Å². The van der Waals surface area contributed by atoms with Gasteiger partial charge in [0.05, 0.1) is 12.2 Å². The number of amides is 1. The summed E-state index contributed by atoms with van der Waals surface area (Å²) in [6.45, 7) is 6.80. The molecule has 4 rings (SSSR count). The Hall–Kier alpha value is -3.10. The van der Waals surface area contributed by atoms with E-state index >= 15 is 0 Å². The molecule has 0 aliphatic carbocycles. The number of carbonyl (C=O) groups excluding carboxylic acids is 1. The Balaban J connectivity index is 1.50. The van der Waals surface area contributed by atoms with Gasteiger partial charge >= 0.3 is 0 Å². The number of aryl methyl sites for hydroxylation is 3. The average Bonchev–Trinajstić information content (AvgIpc) is 3.07. The van der Waals surface area contributed by atoms with E-state index in [1.807, 2.05) is 32.9 Å². The highest BCUT2D eigenvalue weighted by Gasteiger charge is 2.28. The average molecular weight is 367 g/mol. The maximum absolute atomic E-state index is 12.9. The van der Waals surface area contributed by atoms with Crippen molar-refractivity contribution in [2.75, 3.05) is 13.1 Å². The largest absolute Gasteiger partial charge is 0.471 e. The molecule has 1 aliphatic heterocycles. The molecule has 1 saturated heterocycles. The van der Waals surface area contributed by atoms with Crippen molar-refractivity contribution in [1.29, 1.82) is 0 Å². The molecule has 0 spiro atoms. The predicted octanol–water partition coefficient (Wildman–Crippen LogP) is 1.52. The molecule has 0 saturated carbocycles. The molecule has 4 heterocycles. The molecule has 1 aliphatic rings. The molecular formula is C18H21N7O2. The molecule has 3 aromatic heterocycles. The third kappa shape index (κ3) is 3.57. The molecule has 0 aromatic carbocycles. The summed E-state index contributed by atoms with van der Waals surface area (Å²) in [6, 6.07) is 5.55. The number of nitrogens with zero attached hydrogens (tertiary/aromatic N) is 7. The lowest BCUT2D eigenvalue weighted by atomic mass is 10.1. The van der Waals surface area contributed by atoms with E-state index in [1.54, 1.807) is 15.5 Å². The summed E-state index contributed by atoms with van der Waals surface area (Å²) in [6.07, 6.45) is 1.58. The number of likely N-dealkylation sites (tertiary alicyclic amines) is 1. The van der Waals surface area contributed by atoms with Gasteiger partial charge in [0, 0.05) is 24.0 Å². The predicted molar refractivity (Wildman–Crippen MR) is 96.6 cm³/mol. The molecule has 3 aromatic rings. The summed E-state index contributed by atoms with van der Waals surface area (Å²) < 4.78 is 7.49. The molecule has 9 heteroatoms. The van der Waals surface area contributed by atoms with Crippen LogP contribution in [0, 0.1) is 20.8 Å². The van der Waals surface area contributed by atoms with Crippen LogP contribution in [0.4, 0.5) is 0 Å². The van der Waals surface area contributed by atoms with Crippen LogP contribution in [0.3, 0.4) is 0 Å². The molecule has 1 fully saturated rings. The Kier molecular flexibility index (Phi) is 4.43. The van der Waals surface area contributed by atoms with E-state index in [-0.39, 0.29) is 17.8 Å². The van der Waals surface area contributed by atoms with Crippen LogP contribution in [0.1, 0.15) is 40.5 Å². The Morgan fingerprint density at radius 1 is 1.15 bits per heavy atom. The first-order chi connectivity index (χ1) is 13.0. The van der Waals surface area contributed by atoms with Gasteiger partial charge in [0.25, 0.3) is 11.7 Å². The van der Waals surface area contributed by atoms with Crippen LogP contribution in [0.25, 0.3) is 5.78 Å². The molecule has 1 amide bonds. The smallest absolute Gasteiger partial charge is 0.293 e. The summed E-state index contributed by atoms with van der Waals surface area (Å²) in [5.74, 6) is 0.865. The lowest BCUT2D eigenvalue weighted by molar-refractivity contribution is 0.0515. The number of rotatable bonds is 3. The number of piperidine rings is 1. The Morgan fingerprint density at radius 2 is 2.00 bits per heavy atom. The second-order valence-corrected chi connectivity index (χ2v) is 6.83. The highest BCUT2D eigenvalue weighted by Crippen LogP contribution is 2.18. The minimum absolute atomic E-state index is 0.126. The van der Waals surface area contributed by atoms with E-state index in [0.717, 1.165) is 29.9 Å². The van der Waals surface area contributed by atoms with Gasteiger partial charge in [0.15, 0.2) is 0 Å². The molecule has 0 radical (unpaired) electrons. The highest BCUT2D eigenvalue weighted by atomic mass is 16.5. The van der Waals surface area contributed by atoms with Crippen LogP contribution in [0.5, 0.6) is 5.88 Å². The zero-order valence-electron chi connectivity index (χ0n) is 15.6. The van der Waals surface area contributed by atoms with Crippen LogP contribution in [-0.4, -0.2) is 59.8 Å². The molecule has 9 nitrogen and oxygen atoms in total. The first-order valence-electron chi connectivity index (χ1n) is 8.97. The molecule has 0 N–H and O–H groups in total. The monoisotopic (exact) mass is 367 g/mol. The van der Waals surface area contributed by atoms with Gasteiger partial charge in [0.1, 0.15) is 6.10 Å². The fourth-order valence-corrected chi connectivity index (χ4v) is 3.24. The number of carbonyl (C=O) groups is 1. The van der Waals surface area contributed by atoms with Gasteiger partial charge in [-0.3, -0.25) is 4.79 Å². The minimum atomic E-state index is -0.208. The van der Waals surface area contributed by atoms with Crippen molar-refractivity contribution in [3.63, 3.8) is 0 Å². The fraction of sp³-hybridized carbons (Fsp3) is 0.444. The Bertz CT molecular complexity index is 983. The van der Waals surface area contributed by atoms with Crippen molar-refractivity contribution in [1.82, 2.24) is 34.7 Å². The Labute approximate surface area is 156 Å². The van der Waals surface area contributed by atoms with Crippen molar-refractivity contribution < 1.29 is 9.53 Å². The lowest BCUT2D eigenvalue weighted by Crippen LogP contribution is -2.44. The van der Waals surface area contributed by atoms with E-state index in [9.17, 15) is 4.79 Å². The van der Waals surface area contributed by atoms with E-state index < -0.39 is 0 Å². The van der Waals surface area contributed by atoms with E-state index in [1.165, 1.54) is 0 Å². The van der Waals surface area contributed by atoms with Gasteiger partial charge in [-0.05, 0) is 45.7 Å².